The van der Waals surface area contributed by atoms with E-state index in [0.29, 0.717) is 75.0 Å². The average molecular weight is 911 g/mol. The molecule has 0 atom stereocenters. The van der Waals surface area contributed by atoms with E-state index in [2.05, 4.69) is 30.4 Å². The molecule has 0 fully saturated rings. The van der Waals surface area contributed by atoms with E-state index >= 15 is 0 Å². The third-order valence-corrected chi connectivity index (χ3v) is 8.65. The first kappa shape index (κ1) is 49.7. The van der Waals surface area contributed by atoms with Crippen molar-refractivity contribution in [1.29, 1.82) is 0 Å². The number of nitrogens with two attached hydrogens (primary N) is 3. The molecule has 346 valence electrons. The van der Waals surface area contributed by atoms with Crippen molar-refractivity contribution in [2.75, 3.05) is 72.8 Å². The Bertz CT molecular complexity index is 2570. The summed E-state index contributed by atoms with van der Waals surface area (Å²) in [6.07, 6.45) is 11.8. The fourth-order valence-corrected chi connectivity index (χ4v) is 5.41. The molecule has 0 radical (unpaired) electrons. The third kappa shape index (κ3) is 13.5. The second kappa shape index (κ2) is 24.0. The number of pyridine rings is 1. The summed E-state index contributed by atoms with van der Waals surface area (Å²) in [4.78, 5) is 47.1. The van der Waals surface area contributed by atoms with Gasteiger partial charge in [-0.2, -0.15) is 0 Å². The number of fused-ring (bicyclic) bond motifs is 5. The molecule has 4 aliphatic rings. The zero-order chi connectivity index (χ0) is 46.9. The number of nitrogen functional groups attached to an aromatic ring is 3. The lowest BCUT2D eigenvalue weighted by Gasteiger charge is -2.02. The number of aromatic nitrogens is 1. The number of benzene rings is 4. The van der Waals surface area contributed by atoms with Crippen LogP contribution in [0.25, 0.3) is 23.1 Å². The number of methoxy groups -OCH3 is 4. The van der Waals surface area contributed by atoms with Crippen molar-refractivity contribution in [3.8, 4) is 58.3 Å². The standard InChI is InChI=1S/C12H9NO4.2C11H11NO4.C7H7NO2.C4H4O2.CH4/c1-15-12(14)8-2-7-3-10-11(17-6-16-10)4-9(7)13-5-8;2*1-14-11(13)3-2-7-4-9-10(5-8(7)12)16-6-15-9;8-5-1-2-6-7(3-5)10-4-9-6;1-3-4(5)6-2;/h2-5H,6H2,1H3;2*2-5H,6,12H2,1H3;1-3H,4,8H2;1H,2H3;1H4/b;2*3-2+;;;. The SMILES string of the molecule is C.C#CC(=O)OC.COC(=O)/C=C/c1cc2c(cc1N)OCO2.COC(=O)/C=C/c1cc2c(cc1N)OCO2.COC(=O)c1cnc2cc3c(cc2c1)OCO3.Nc1ccc2c(c1)OCO2. The van der Waals surface area contributed by atoms with Crippen molar-refractivity contribution >= 4 is 64.0 Å². The first-order valence-corrected chi connectivity index (χ1v) is 18.7. The van der Waals surface area contributed by atoms with Crippen molar-refractivity contribution in [3.63, 3.8) is 0 Å². The summed E-state index contributed by atoms with van der Waals surface area (Å²) in [6, 6.07) is 17.4. The van der Waals surface area contributed by atoms with Gasteiger partial charge in [0.05, 0.1) is 39.5 Å². The van der Waals surface area contributed by atoms with Crippen molar-refractivity contribution in [2.45, 2.75) is 7.43 Å². The Hall–Kier alpha value is -8.99. The molecule has 20 heteroatoms. The molecule has 0 spiro atoms. The number of rotatable bonds is 5. The first-order chi connectivity index (χ1) is 31.3. The lowest BCUT2D eigenvalue weighted by molar-refractivity contribution is -0.135. The molecule has 0 saturated carbocycles. The number of esters is 4. The number of anilines is 3. The van der Waals surface area contributed by atoms with E-state index in [9.17, 15) is 19.2 Å². The van der Waals surface area contributed by atoms with Gasteiger partial charge in [0.1, 0.15) is 0 Å². The molecule has 4 aromatic carbocycles. The first-order valence-electron chi connectivity index (χ1n) is 18.7. The van der Waals surface area contributed by atoms with E-state index in [4.69, 9.17) is 55.1 Å². The molecule has 4 aliphatic heterocycles. The Balaban J connectivity index is 0.000000186. The van der Waals surface area contributed by atoms with Gasteiger partial charge in [0.2, 0.25) is 27.2 Å². The maximum absolute atomic E-state index is 11.4. The van der Waals surface area contributed by atoms with E-state index in [1.165, 1.54) is 46.8 Å². The molecule has 66 heavy (non-hydrogen) atoms. The highest BCUT2D eigenvalue weighted by Gasteiger charge is 2.18. The van der Waals surface area contributed by atoms with Crippen LogP contribution in [0.5, 0.6) is 46.0 Å². The summed E-state index contributed by atoms with van der Waals surface area (Å²) < 4.78 is 59.0. The number of terminal acetylenes is 1. The van der Waals surface area contributed by atoms with Crippen LogP contribution in [0.3, 0.4) is 0 Å². The number of carbonyl (C=O) groups excluding carboxylic acids is 4. The molecular weight excluding hydrogens is 865 g/mol. The minimum atomic E-state index is -0.630. The van der Waals surface area contributed by atoms with Crippen LogP contribution < -0.4 is 55.1 Å². The monoisotopic (exact) mass is 910 g/mol. The van der Waals surface area contributed by atoms with Crippen molar-refractivity contribution in [3.05, 3.63) is 95.7 Å². The Morgan fingerprint density at radius 2 is 1.02 bits per heavy atom. The number of hydrogen-bond acceptors (Lipinski definition) is 20. The van der Waals surface area contributed by atoms with Gasteiger partial charge in [-0.05, 0) is 48.6 Å². The molecule has 0 amide bonds. The third-order valence-electron chi connectivity index (χ3n) is 8.65. The summed E-state index contributed by atoms with van der Waals surface area (Å²) in [7, 11) is 5.21. The highest BCUT2D eigenvalue weighted by molar-refractivity contribution is 5.94. The Kier molecular flexibility index (Phi) is 18.1. The predicted molar refractivity (Wildman–Crippen MR) is 240 cm³/mol. The molecule has 0 bridgehead atoms. The molecule has 20 nitrogen and oxygen atoms in total. The quantitative estimate of drug-likeness (QED) is 0.0487. The molecule has 0 saturated heterocycles. The Morgan fingerprint density at radius 3 is 1.45 bits per heavy atom. The molecule has 0 unspecified atom stereocenters. The van der Waals surface area contributed by atoms with E-state index in [0.717, 1.165) is 22.4 Å². The zero-order valence-electron chi connectivity index (χ0n) is 35.3. The lowest BCUT2D eigenvalue weighted by atomic mass is 10.1. The topological polar surface area (TPSA) is 270 Å². The van der Waals surface area contributed by atoms with Crippen LogP contribution in [-0.4, -0.2) is 84.5 Å². The second-order valence-electron chi connectivity index (χ2n) is 12.7. The number of ether oxygens (including phenoxy) is 12. The molecule has 5 heterocycles. The molecule has 5 aromatic rings. The van der Waals surface area contributed by atoms with Crippen molar-refractivity contribution in [2.24, 2.45) is 0 Å². The predicted octanol–water partition coefficient (Wildman–Crippen LogP) is 5.54. The van der Waals surface area contributed by atoms with Gasteiger partial charge in [-0.25, -0.2) is 19.2 Å². The highest BCUT2D eigenvalue weighted by Crippen LogP contribution is 2.38. The van der Waals surface area contributed by atoms with Gasteiger partial charge in [0.25, 0.3) is 0 Å². The molecular formula is C46H46N4O16. The van der Waals surface area contributed by atoms with Gasteiger partial charge in [-0.1, -0.05) is 7.43 Å². The number of hydrogen-bond donors (Lipinski definition) is 3. The number of carbonyl (C=O) groups is 4. The van der Waals surface area contributed by atoms with Crippen LogP contribution in [0, 0.1) is 12.3 Å². The Labute approximate surface area is 378 Å². The lowest BCUT2D eigenvalue weighted by Crippen LogP contribution is -2.01. The minimum absolute atomic E-state index is 0. The second-order valence-corrected chi connectivity index (χ2v) is 12.7. The fourth-order valence-electron chi connectivity index (χ4n) is 5.41. The van der Waals surface area contributed by atoms with Gasteiger partial charge in [-0.15, -0.1) is 6.42 Å². The average Bonchev–Trinajstić information content (AvgIpc) is 4.17. The summed E-state index contributed by atoms with van der Waals surface area (Å²) >= 11 is 0. The zero-order valence-corrected chi connectivity index (χ0v) is 35.3. The van der Waals surface area contributed by atoms with Crippen LogP contribution in [0.1, 0.15) is 28.9 Å². The maximum atomic E-state index is 11.4. The smallest absolute Gasteiger partial charge is 0.383 e. The van der Waals surface area contributed by atoms with Gasteiger partial charge in [0, 0.05) is 82.1 Å². The summed E-state index contributed by atoms with van der Waals surface area (Å²) in [6.45, 7) is 0.909. The molecule has 1 aromatic heterocycles. The van der Waals surface area contributed by atoms with E-state index in [1.807, 2.05) is 0 Å². The molecule has 6 N–H and O–H groups in total. The summed E-state index contributed by atoms with van der Waals surface area (Å²) in [5.74, 6) is 5.19. The Morgan fingerprint density at radius 1 is 0.576 bits per heavy atom. The van der Waals surface area contributed by atoms with Crippen molar-refractivity contribution < 1.29 is 76.0 Å². The van der Waals surface area contributed by atoms with E-state index < -0.39 is 23.9 Å². The summed E-state index contributed by atoms with van der Waals surface area (Å²) in [5.41, 5.74) is 21.3. The minimum Gasteiger partial charge on any atom is -0.466 e. The van der Waals surface area contributed by atoms with Gasteiger partial charge < -0.3 is 74.0 Å². The number of nitrogens with zero attached hydrogens (tertiary/aromatic N) is 1. The largest absolute Gasteiger partial charge is 0.466 e. The van der Waals surface area contributed by atoms with Crippen LogP contribution in [0.2, 0.25) is 0 Å². The van der Waals surface area contributed by atoms with Crippen molar-refractivity contribution in [1.82, 2.24) is 4.98 Å². The molecule has 9 rings (SSSR count). The van der Waals surface area contributed by atoms with Crippen LogP contribution in [0.4, 0.5) is 17.1 Å². The summed E-state index contributed by atoms with van der Waals surface area (Å²) in [5, 5.41) is 0.817. The van der Waals surface area contributed by atoms with Gasteiger partial charge in [-0.3, -0.25) is 4.98 Å². The van der Waals surface area contributed by atoms with Gasteiger partial charge >= 0.3 is 23.9 Å². The fraction of sp³-hybridized carbons (Fsp3) is 0.196. The van der Waals surface area contributed by atoms with Gasteiger partial charge in [0.15, 0.2) is 46.0 Å². The van der Waals surface area contributed by atoms with Crippen LogP contribution >= 0.6 is 0 Å². The molecule has 0 aliphatic carbocycles. The van der Waals surface area contributed by atoms with E-state index in [1.54, 1.807) is 78.7 Å². The highest BCUT2D eigenvalue weighted by atomic mass is 16.7. The normalized spacial score (nSPS) is 12.2. The maximum Gasteiger partial charge on any atom is 0.383 e. The van der Waals surface area contributed by atoms with Crippen LogP contribution in [0.15, 0.2) is 79.0 Å². The van der Waals surface area contributed by atoms with E-state index in [-0.39, 0.29) is 27.8 Å². The van der Waals surface area contributed by atoms with Crippen LogP contribution in [-0.2, 0) is 33.3 Å².